The first-order chi connectivity index (χ1) is 12.5. The van der Waals surface area contributed by atoms with Crippen LogP contribution in [0, 0.1) is 0 Å². The largest absolute Gasteiger partial charge is 0.345 e. The van der Waals surface area contributed by atoms with Gasteiger partial charge in [-0.05, 0) is 50.7 Å². The van der Waals surface area contributed by atoms with Crippen molar-refractivity contribution in [2.75, 3.05) is 0 Å². The Morgan fingerprint density at radius 1 is 0.692 bits per heavy atom. The van der Waals surface area contributed by atoms with Crippen LogP contribution in [0.4, 0.5) is 0 Å². The summed E-state index contributed by atoms with van der Waals surface area (Å²) in [5.41, 5.74) is 2.46. The summed E-state index contributed by atoms with van der Waals surface area (Å²) >= 11 is 0. The number of rotatable bonds is 8. The molecule has 0 aliphatic heterocycles. The van der Waals surface area contributed by atoms with Crippen molar-refractivity contribution in [2.24, 2.45) is 0 Å². The standard InChI is InChI=1S/C22H28N2O2/c1-17(13-15-19-9-5-3-6-10-19)23-21(25)22(26)24-18(2)14-16-20-11-7-4-8-12-20/h3-12,17-18H,13-16H2,1-2H3,(H,23,25)(H,24,26)/t17-,18-/m1/s1. The number of benzene rings is 2. The van der Waals surface area contributed by atoms with E-state index in [-0.39, 0.29) is 12.1 Å². The van der Waals surface area contributed by atoms with Crippen LogP contribution in [-0.2, 0) is 22.4 Å². The summed E-state index contributed by atoms with van der Waals surface area (Å²) in [5.74, 6) is -1.12. The Balaban J connectivity index is 1.68. The monoisotopic (exact) mass is 352 g/mol. The number of amides is 2. The minimum absolute atomic E-state index is 0.0481. The van der Waals surface area contributed by atoms with E-state index in [0.29, 0.717) is 0 Å². The van der Waals surface area contributed by atoms with E-state index in [2.05, 4.69) is 34.9 Å². The van der Waals surface area contributed by atoms with E-state index >= 15 is 0 Å². The van der Waals surface area contributed by atoms with Crippen molar-refractivity contribution in [1.82, 2.24) is 10.6 Å². The van der Waals surface area contributed by atoms with Crippen LogP contribution in [0.2, 0.25) is 0 Å². The van der Waals surface area contributed by atoms with Crippen molar-refractivity contribution in [3.63, 3.8) is 0 Å². The molecule has 0 spiro atoms. The molecule has 0 saturated heterocycles. The quantitative estimate of drug-likeness (QED) is 0.717. The normalized spacial score (nSPS) is 12.8. The molecule has 0 aliphatic rings. The van der Waals surface area contributed by atoms with Gasteiger partial charge in [0, 0.05) is 12.1 Å². The van der Waals surface area contributed by atoms with Crippen LogP contribution < -0.4 is 10.6 Å². The third-order valence-corrected chi connectivity index (χ3v) is 4.38. The van der Waals surface area contributed by atoms with Crippen LogP contribution in [-0.4, -0.2) is 23.9 Å². The molecule has 0 unspecified atom stereocenters. The van der Waals surface area contributed by atoms with Gasteiger partial charge in [0.25, 0.3) is 0 Å². The molecular formula is C22H28N2O2. The highest BCUT2D eigenvalue weighted by Gasteiger charge is 2.18. The Labute approximate surface area is 156 Å². The molecule has 26 heavy (non-hydrogen) atoms. The SMILES string of the molecule is C[C@H](CCc1ccccc1)NC(=O)C(=O)N[C@H](C)CCc1ccccc1. The second-order valence-corrected chi connectivity index (χ2v) is 6.80. The maximum absolute atomic E-state index is 12.1. The van der Waals surface area contributed by atoms with Crippen molar-refractivity contribution < 1.29 is 9.59 Å². The van der Waals surface area contributed by atoms with E-state index in [4.69, 9.17) is 0 Å². The zero-order valence-electron chi connectivity index (χ0n) is 15.6. The third kappa shape index (κ3) is 7.09. The zero-order valence-corrected chi connectivity index (χ0v) is 15.6. The first-order valence-corrected chi connectivity index (χ1v) is 9.24. The van der Waals surface area contributed by atoms with Crippen molar-refractivity contribution in [3.05, 3.63) is 71.8 Å². The average molecular weight is 352 g/mol. The van der Waals surface area contributed by atoms with E-state index < -0.39 is 11.8 Å². The van der Waals surface area contributed by atoms with Gasteiger partial charge in [-0.2, -0.15) is 0 Å². The average Bonchev–Trinajstić information content (AvgIpc) is 2.66. The van der Waals surface area contributed by atoms with E-state index in [1.54, 1.807) is 0 Å². The van der Waals surface area contributed by atoms with Gasteiger partial charge in [-0.3, -0.25) is 9.59 Å². The smallest absolute Gasteiger partial charge is 0.309 e. The molecule has 2 aromatic carbocycles. The number of carbonyl (C=O) groups is 2. The lowest BCUT2D eigenvalue weighted by atomic mass is 10.1. The molecule has 0 fully saturated rings. The van der Waals surface area contributed by atoms with Gasteiger partial charge in [0.15, 0.2) is 0 Å². The van der Waals surface area contributed by atoms with Crippen LogP contribution in [0.15, 0.2) is 60.7 Å². The van der Waals surface area contributed by atoms with Crippen molar-refractivity contribution >= 4 is 11.8 Å². The molecule has 4 heteroatoms. The maximum Gasteiger partial charge on any atom is 0.309 e. The molecular weight excluding hydrogens is 324 g/mol. The fraction of sp³-hybridized carbons (Fsp3) is 0.364. The number of hydrogen-bond donors (Lipinski definition) is 2. The van der Waals surface area contributed by atoms with Crippen molar-refractivity contribution in [2.45, 2.75) is 51.6 Å². The summed E-state index contributed by atoms with van der Waals surface area (Å²) in [6.07, 6.45) is 3.34. The van der Waals surface area contributed by atoms with Crippen LogP contribution in [0.25, 0.3) is 0 Å². The predicted octanol–water partition coefficient (Wildman–Crippen LogP) is 3.26. The van der Waals surface area contributed by atoms with Crippen LogP contribution in [0.1, 0.15) is 37.8 Å². The number of carbonyl (C=O) groups excluding carboxylic acids is 2. The number of nitrogens with one attached hydrogen (secondary N) is 2. The predicted molar refractivity (Wildman–Crippen MR) is 105 cm³/mol. The molecule has 0 saturated carbocycles. The minimum Gasteiger partial charge on any atom is -0.345 e. The summed E-state index contributed by atoms with van der Waals surface area (Å²) in [6.45, 7) is 3.85. The number of hydrogen-bond acceptors (Lipinski definition) is 2. The van der Waals surface area contributed by atoms with E-state index in [9.17, 15) is 9.59 Å². The third-order valence-electron chi connectivity index (χ3n) is 4.38. The fourth-order valence-corrected chi connectivity index (χ4v) is 2.78. The Kier molecular flexibility index (Phi) is 7.87. The second-order valence-electron chi connectivity index (χ2n) is 6.80. The summed E-state index contributed by atoms with van der Waals surface area (Å²) in [5, 5.41) is 5.56. The fourth-order valence-electron chi connectivity index (χ4n) is 2.78. The molecule has 0 heterocycles. The highest BCUT2D eigenvalue weighted by Crippen LogP contribution is 2.06. The van der Waals surface area contributed by atoms with Gasteiger partial charge < -0.3 is 10.6 Å². The molecule has 0 radical (unpaired) electrons. The summed E-state index contributed by atoms with van der Waals surface area (Å²) in [7, 11) is 0. The minimum atomic E-state index is -0.558. The number of aryl methyl sites for hydroxylation is 2. The maximum atomic E-state index is 12.1. The Bertz CT molecular complexity index is 624. The van der Waals surface area contributed by atoms with Crippen LogP contribution in [0.5, 0.6) is 0 Å². The van der Waals surface area contributed by atoms with Gasteiger partial charge in [0.2, 0.25) is 0 Å². The summed E-state index contributed by atoms with van der Waals surface area (Å²) in [4.78, 5) is 24.1. The molecule has 4 nitrogen and oxygen atoms in total. The van der Waals surface area contributed by atoms with Gasteiger partial charge in [0.1, 0.15) is 0 Å². The second kappa shape index (κ2) is 10.4. The van der Waals surface area contributed by atoms with Crippen LogP contribution >= 0.6 is 0 Å². The van der Waals surface area contributed by atoms with Gasteiger partial charge >= 0.3 is 11.8 Å². The molecule has 0 aliphatic carbocycles. The highest BCUT2D eigenvalue weighted by molar-refractivity contribution is 6.35. The summed E-state index contributed by atoms with van der Waals surface area (Å²) < 4.78 is 0. The first kappa shape index (κ1) is 19.7. The van der Waals surface area contributed by atoms with Gasteiger partial charge in [-0.25, -0.2) is 0 Å². The lowest BCUT2D eigenvalue weighted by Crippen LogP contribution is -2.46. The van der Waals surface area contributed by atoms with Crippen molar-refractivity contribution in [1.29, 1.82) is 0 Å². The van der Waals surface area contributed by atoms with E-state index in [1.807, 2.05) is 50.2 Å². The molecule has 2 atom stereocenters. The van der Waals surface area contributed by atoms with Crippen molar-refractivity contribution in [3.8, 4) is 0 Å². The zero-order chi connectivity index (χ0) is 18.8. The molecule has 2 amide bonds. The molecule has 0 aromatic heterocycles. The lowest BCUT2D eigenvalue weighted by Gasteiger charge is -2.16. The Morgan fingerprint density at radius 2 is 1.04 bits per heavy atom. The van der Waals surface area contributed by atoms with Gasteiger partial charge in [0.05, 0.1) is 0 Å². The van der Waals surface area contributed by atoms with E-state index in [1.165, 1.54) is 11.1 Å². The van der Waals surface area contributed by atoms with Gasteiger partial charge in [-0.1, -0.05) is 60.7 Å². The molecule has 2 rings (SSSR count). The topological polar surface area (TPSA) is 58.2 Å². The Morgan fingerprint density at radius 3 is 1.38 bits per heavy atom. The molecule has 138 valence electrons. The highest BCUT2D eigenvalue weighted by atomic mass is 16.2. The lowest BCUT2D eigenvalue weighted by molar-refractivity contribution is -0.140. The molecule has 2 aromatic rings. The van der Waals surface area contributed by atoms with E-state index in [0.717, 1.165) is 25.7 Å². The molecule has 2 N–H and O–H groups in total. The Hall–Kier alpha value is -2.62. The summed E-state index contributed by atoms with van der Waals surface area (Å²) in [6, 6.07) is 20.1. The van der Waals surface area contributed by atoms with Crippen LogP contribution in [0.3, 0.4) is 0 Å². The van der Waals surface area contributed by atoms with Gasteiger partial charge in [-0.15, -0.1) is 0 Å². The first-order valence-electron chi connectivity index (χ1n) is 9.24. The molecule has 0 bridgehead atoms.